The molecule has 0 N–H and O–H groups in total. The monoisotopic (exact) mass is 182 g/mol. The first-order valence-corrected chi connectivity index (χ1v) is 4.12. The number of methoxy groups -OCH3 is 1. The second-order valence-corrected chi connectivity index (χ2v) is 2.77. The van der Waals surface area contributed by atoms with E-state index in [-0.39, 0.29) is 0 Å². The van der Waals surface area contributed by atoms with Gasteiger partial charge >= 0.3 is 0 Å². The van der Waals surface area contributed by atoms with Gasteiger partial charge in [0.2, 0.25) is 0 Å². The largest absolute Gasteiger partial charge is 0.497 e. The molecule has 0 fully saturated rings. The Morgan fingerprint density at radius 2 is 1.92 bits per heavy atom. The van der Waals surface area contributed by atoms with E-state index in [1.165, 1.54) is 0 Å². The summed E-state index contributed by atoms with van der Waals surface area (Å²) in [5.74, 6) is 0.847. The van der Waals surface area contributed by atoms with Crippen LogP contribution in [0.2, 0.25) is 0 Å². The molecule has 0 bridgehead atoms. The van der Waals surface area contributed by atoms with E-state index in [0.717, 1.165) is 16.3 Å². The highest BCUT2D eigenvalue weighted by molar-refractivity contribution is 6.48. The van der Waals surface area contributed by atoms with E-state index in [0.29, 0.717) is 0 Å². The molecule has 0 aromatic heterocycles. The van der Waals surface area contributed by atoms with Gasteiger partial charge in [-0.3, -0.25) is 0 Å². The van der Waals surface area contributed by atoms with Crippen molar-refractivity contribution in [2.75, 3.05) is 7.11 Å². The molecule has 12 heavy (non-hydrogen) atoms. The fraction of sp³-hybridized carbons (Fsp3) is 0.200. The number of allylic oxidation sites excluding steroid dienone is 1. The minimum Gasteiger partial charge on any atom is -0.497 e. The second-order valence-electron chi connectivity index (χ2n) is 2.37. The molecule has 0 saturated carbocycles. The van der Waals surface area contributed by atoms with Gasteiger partial charge in [-0.1, -0.05) is 17.7 Å². The van der Waals surface area contributed by atoms with Crippen LogP contribution in [0.4, 0.5) is 0 Å². The summed E-state index contributed by atoms with van der Waals surface area (Å²) in [4.78, 5) is 0. The van der Waals surface area contributed by atoms with Crippen LogP contribution in [0.3, 0.4) is 0 Å². The quantitative estimate of drug-likeness (QED) is 0.682. The maximum atomic E-state index is 5.91. The first-order chi connectivity index (χ1) is 5.77. The molecule has 0 atom stereocenters. The molecule has 0 amide bonds. The number of ether oxygens (including phenoxy) is 1. The van der Waals surface area contributed by atoms with Gasteiger partial charge in [-0.25, -0.2) is 0 Å². The van der Waals surface area contributed by atoms with Gasteiger partial charge in [0.05, 0.1) is 7.11 Å². The molecule has 0 aliphatic carbocycles. The topological polar surface area (TPSA) is 9.23 Å². The van der Waals surface area contributed by atoms with Crippen molar-refractivity contribution < 1.29 is 4.74 Å². The summed E-state index contributed by atoms with van der Waals surface area (Å²) >= 11 is 5.91. The molecule has 0 unspecified atom stereocenters. The number of hydrogen-bond donors (Lipinski definition) is 0. The fourth-order valence-corrected chi connectivity index (χ4v) is 1.04. The van der Waals surface area contributed by atoms with E-state index in [9.17, 15) is 0 Å². The summed E-state index contributed by atoms with van der Waals surface area (Å²) in [5, 5.41) is 0.762. The lowest BCUT2D eigenvalue weighted by atomic mass is 10.2. The van der Waals surface area contributed by atoms with Gasteiger partial charge in [0.25, 0.3) is 0 Å². The van der Waals surface area contributed by atoms with Gasteiger partial charge in [-0.2, -0.15) is 0 Å². The summed E-state index contributed by atoms with van der Waals surface area (Å²) in [5.41, 5.74) is 1.01. The average molecular weight is 183 g/mol. The lowest BCUT2D eigenvalue weighted by Crippen LogP contribution is -1.82. The molecular formula is C10H11ClO. The maximum Gasteiger partial charge on any atom is 0.118 e. The highest BCUT2D eigenvalue weighted by Gasteiger charge is 1.95. The highest BCUT2D eigenvalue weighted by Crippen LogP contribution is 2.20. The molecular weight excluding hydrogens is 172 g/mol. The van der Waals surface area contributed by atoms with Gasteiger partial charge in [-0.05, 0) is 36.8 Å². The smallest absolute Gasteiger partial charge is 0.118 e. The van der Waals surface area contributed by atoms with Crippen LogP contribution in [-0.2, 0) is 0 Å². The van der Waals surface area contributed by atoms with E-state index >= 15 is 0 Å². The van der Waals surface area contributed by atoms with Crippen LogP contribution in [0, 0.1) is 0 Å². The standard InChI is InChI=1S/C10H11ClO/c1-3-10(11)8-4-6-9(12-2)7-5-8/h3-7H,1-2H3/b10-3-. The Morgan fingerprint density at radius 1 is 1.33 bits per heavy atom. The highest BCUT2D eigenvalue weighted by atomic mass is 35.5. The van der Waals surface area contributed by atoms with Gasteiger partial charge in [0.15, 0.2) is 0 Å². The number of benzene rings is 1. The molecule has 0 radical (unpaired) electrons. The van der Waals surface area contributed by atoms with Gasteiger partial charge in [0, 0.05) is 5.03 Å². The molecule has 1 aromatic rings. The van der Waals surface area contributed by atoms with Crippen molar-refractivity contribution >= 4 is 16.6 Å². The SMILES string of the molecule is C/C=C(\Cl)c1ccc(OC)cc1. The van der Waals surface area contributed by atoms with Crippen molar-refractivity contribution in [3.05, 3.63) is 35.9 Å². The summed E-state index contributed by atoms with van der Waals surface area (Å²) < 4.78 is 5.02. The summed E-state index contributed by atoms with van der Waals surface area (Å²) in [7, 11) is 1.65. The molecule has 1 rings (SSSR count). The molecule has 1 aromatic carbocycles. The normalized spacial score (nSPS) is 11.4. The number of rotatable bonds is 2. The Morgan fingerprint density at radius 3 is 2.33 bits per heavy atom. The third-order valence-corrected chi connectivity index (χ3v) is 2.06. The Hall–Kier alpha value is -0.950. The molecule has 0 spiro atoms. The van der Waals surface area contributed by atoms with Gasteiger partial charge in [-0.15, -0.1) is 0 Å². The fourth-order valence-electron chi connectivity index (χ4n) is 0.917. The van der Waals surface area contributed by atoms with Gasteiger partial charge < -0.3 is 4.74 Å². The molecule has 1 nitrogen and oxygen atoms in total. The zero-order chi connectivity index (χ0) is 8.97. The van der Waals surface area contributed by atoms with Crippen LogP contribution in [-0.4, -0.2) is 7.11 Å². The van der Waals surface area contributed by atoms with E-state index in [2.05, 4.69) is 0 Å². The minimum absolute atomic E-state index is 0.762. The first-order valence-electron chi connectivity index (χ1n) is 3.74. The van der Waals surface area contributed by atoms with Crippen LogP contribution < -0.4 is 4.74 Å². The summed E-state index contributed by atoms with van der Waals surface area (Å²) in [6.07, 6.45) is 1.86. The van der Waals surface area contributed by atoms with Crippen molar-refractivity contribution in [3.8, 4) is 5.75 Å². The molecule has 0 saturated heterocycles. The Kier molecular flexibility index (Phi) is 3.18. The number of hydrogen-bond acceptors (Lipinski definition) is 1. The first kappa shape index (κ1) is 9.14. The van der Waals surface area contributed by atoms with Crippen LogP contribution in [0.25, 0.3) is 5.03 Å². The maximum absolute atomic E-state index is 5.91. The molecule has 0 aliphatic heterocycles. The zero-order valence-electron chi connectivity index (χ0n) is 7.17. The van der Waals surface area contributed by atoms with Crippen molar-refractivity contribution in [1.82, 2.24) is 0 Å². The molecule has 64 valence electrons. The van der Waals surface area contributed by atoms with E-state index < -0.39 is 0 Å². The Balaban J connectivity index is 2.92. The predicted octanol–water partition coefficient (Wildman–Crippen LogP) is 3.29. The second kappa shape index (κ2) is 4.17. The molecule has 2 heteroatoms. The van der Waals surface area contributed by atoms with E-state index in [4.69, 9.17) is 16.3 Å². The van der Waals surface area contributed by atoms with E-state index in [1.54, 1.807) is 7.11 Å². The lowest BCUT2D eigenvalue weighted by molar-refractivity contribution is 0.415. The van der Waals surface area contributed by atoms with Crippen LogP contribution in [0.1, 0.15) is 12.5 Å². The third-order valence-electron chi connectivity index (χ3n) is 1.62. The van der Waals surface area contributed by atoms with Crippen molar-refractivity contribution in [3.63, 3.8) is 0 Å². The third kappa shape index (κ3) is 2.02. The average Bonchev–Trinajstić information content (AvgIpc) is 2.17. The zero-order valence-corrected chi connectivity index (χ0v) is 7.93. The van der Waals surface area contributed by atoms with Crippen LogP contribution in [0.5, 0.6) is 5.75 Å². The summed E-state index contributed by atoms with van der Waals surface area (Å²) in [6.45, 7) is 1.91. The van der Waals surface area contributed by atoms with Gasteiger partial charge in [0.1, 0.15) is 5.75 Å². The van der Waals surface area contributed by atoms with Crippen LogP contribution >= 0.6 is 11.6 Å². The Labute approximate surface area is 77.6 Å². The predicted molar refractivity (Wildman–Crippen MR) is 52.5 cm³/mol. The molecule has 0 aliphatic rings. The molecule has 0 heterocycles. The number of halogens is 1. The van der Waals surface area contributed by atoms with Crippen molar-refractivity contribution in [1.29, 1.82) is 0 Å². The minimum atomic E-state index is 0.762. The summed E-state index contributed by atoms with van der Waals surface area (Å²) in [6, 6.07) is 7.64. The van der Waals surface area contributed by atoms with Crippen LogP contribution in [0.15, 0.2) is 30.3 Å². The van der Waals surface area contributed by atoms with E-state index in [1.807, 2.05) is 37.3 Å². The lowest BCUT2D eigenvalue weighted by Gasteiger charge is -2.01. The van der Waals surface area contributed by atoms with Crippen molar-refractivity contribution in [2.24, 2.45) is 0 Å². The van der Waals surface area contributed by atoms with Crippen molar-refractivity contribution in [2.45, 2.75) is 6.92 Å². The Bertz CT molecular complexity index is 274.